The van der Waals surface area contributed by atoms with Crippen LogP contribution >= 0.6 is 0 Å². The van der Waals surface area contributed by atoms with Crippen LogP contribution in [0.1, 0.15) is 19.3 Å². The van der Waals surface area contributed by atoms with Crippen molar-refractivity contribution in [2.75, 3.05) is 13.6 Å². The van der Waals surface area contributed by atoms with E-state index in [4.69, 9.17) is 11.5 Å². The second kappa shape index (κ2) is 7.00. The SMILES string of the molecule is C=CCCCN(C)C(=O)C(N)CC(N)=O. The standard InChI is InChI=1S/C10H19N3O2/c1-3-4-5-6-13(2)10(15)8(11)7-9(12)14/h3,8H,1,4-7,11H2,2H3,(H2,12,14). The van der Waals surface area contributed by atoms with Crippen molar-refractivity contribution < 1.29 is 9.59 Å². The Kier molecular flexibility index (Phi) is 6.37. The second-order valence-corrected chi connectivity index (χ2v) is 3.47. The monoisotopic (exact) mass is 213 g/mol. The summed E-state index contributed by atoms with van der Waals surface area (Å²) >= 11 is 0. The van der Waals surface area contributed by atoms with Gasteiger partial charge in [0.1, 0.15) is 0 Å². The van der Waals surface area contributed by atoms with Gasteiger partial charge in [-0.05, 0) is 12.8 Å². The predicted molar refractivity (Wildman–Crippen MR) is 58.9 cm³/mol. The van der Waals surface area contributed by atoms with Gasteiger partial charge in [0.2, 0.25) is 11.8 Å². The van der Waals surface area contributed by atoms with E-state index in [9.17, 15) is 9.59 Å². The molecule has 0 saturated heterocycles. The van der Waals surface area contributed by atoms with Crippen LogP contribution in [0.25, 0.3) is 0 Å². The average molecular weight is 213 g/mol. The van der Waals surface area contributed by atoms with Crippen LogP contribution in [0, 0.1) is 0 Å². The van der Waals surface area contributed by atoms with Gasteiger partial charge in [0.25, 0.3) is 0 Å². The Morgan fingerprint density at radius 1 is 1.53 bits per heavy atom. The van der Waals surface area contributed by atoms with Gasteiger partial charge in [0.15, 0.2) is 0 Å². The van der Waals surface area contributed by atoms with Gasteiger partial charge in [-0.3, -0.25) is 9.59 Å². The van der Waals surface area contributed by atoms with Gasteiger partial charge in [-0.2, -0.15) is 0 Å². The molecule has 0 aliphatic rings. The Morgan fingerprint density at radius 3 is 2.60 bits per heavy atom. The van der Waals surface area contributed by atoms with Crippen molar-refractivity contribution in [2.24, 2.45) is 11.5 Å². The van der Waals surface area contributed by atoms with E-state index in [0.717, 1.165) is 12.8 Å². The molecule has 0 heterocycles. The summed E-state index contributed by atoms with van der Waals surface area (Å²) in [6, 6.07) is -0.823. The Balaban J connectivity index is 3.95. The first-order valence-corrected chi connectivity index (χ1v) is 4.88. The number of unbranched alkanes of at least 4 members (excludes halogenated alkanes) is 1. The lowest BCUT2D eigenvalue weighted by Crippen LogP contribution is -2.44. The Morgan fingerprint density at radius 2 is 2.13 bits per heavy atom. The van der Waals surface area contributed by atoms with Crippen molar-refractivity contribution in [3.05, 3.63) is 12.7 Å². The normalized spacial score (nSPS) is 11.9. The first-order valence-electron chi connectivity index (χ1n) is 4.88. The van der Waals surface area contributed by atoms with Crippen molar-refractivity contribution in [2.45, 2.75) is 25.3 Å². The van der Waals surface area contributed by atoms with Gasteiger partial charge in [-0.1, -0.05) is 6.08 Å². The summed E-state index contributed by atoms with van der Waals surface area (Å²) in [7, 11) is 1.66. The number of hydrogen-bond acceptors (Lipinski definition) is 3. The predicted octanol–water partition coefficient (Wildman–Crippen LogP) is -0.386. The number of likely N-dealkylation sites (N-methyl/N-ethyl adjacent to an activating group) is 1. The molecule has 0 aromatic carbocycles. The molecule has 0 rings (SSSR count). The quantitative estimate of drug-likeness (QED) is 0.446. The molecule has 1 atom stereocenters. The minimum Gasteiger partial charge on any atom is -0.370 e. The third-order valence-corrected chi connectivity index (χ3v) is 2.02. The molecular weight excluding hydrogens is 194 g/mol. The molecule has 86 valence electrons. The molecular formula is C10H19N3O2. The minimum absolute atomic E-state index is 0.107. The third-order valence-electron chi connectivity index (χ3n) is 2.02. The van der Waals surface area contributed by atoms with Crippen molar-refractivity contribution in [3.8, 4) is 0 Å². The number of allylic oxidation sites excluding steroid dienone is 1. The first kappa shape index (κ1) is 13.6. The van der Waals surface area contributed by atoms with Crippen LogP contribution in [0.15, 0.2) is 12.7 Å². The number of carbonyl (C=O) groups excluding carboxylic acids is 2. The van der Waals surface area contributed by atoms with Crippen molar-refractivity contribution in [1.82, 2.24) is 4.90 Å². The lowest BCUT2D eigenvalue weighted by molar-refractivity contribution is -0.133. The Bertz CT molecular complexity index is 241. The zero-order valence-corrected chi connectivity index (χ0v) is 9.11. The molecule has 0 aliphatic carbocycles. The minimum atomic E-state index is -0.823. The molecule has 0 bridgehead atoms. The van der Waals surface area contributed by atoms with Crippen molar-refractivity contribution in [1.29, 1.82) is 0 Å². The number of rotatable bonds is 7. The number of amides is 2. The number of nitrogens with two attached hydrogens (primary N) is 2. The first-order chi connectivity index (χ1) is 6.99. The lowest BCUT2D eigenvalue weighted by atomic mass is 10.2. The molecule has 0 spiro atoms. The van der Waals surface area contributed by atoms with Gasteiger partial charge >= 0.3 is 0 Å². The Labute approximate surface area is 90.1 Å². The lowest BCUT2D eigenvalue weighted by Gasteiger charge is -2.20. The highest BCUT2D eigenvalue weighted by atomic mass is 16.2. The fourth-order valence-corrected chi connectivity index (χ4v) is 1.17. The molecule has 5 heteroatoms. The average Bonchev–Trinajstić information content (AvgIpc) is 2.15. The van der Waals surface area contributed by atoms with Gasteiger partial charge in [0.05, 0.1) is 12.5 Å². The third kappa shape index (κ3) is 5.85. The smallest absolute Gasteiger partial charge is 0.239 e. The molecule has 0 aromatic heterocycles. The largest absolute Gasteiger partial charge is 0.370 e. The summed E-state index contributed by atoms with van der Waals surface area (Å²) in [5.41, 5.74) is 10.5. The summed E-state index contributed by atoms with van der Waals surface area (Å²) in [5.74, 6) is -0.812. The van der Waals surface area contributed by atoms with E-state index in [2.05, 4.69) is 6.58 Å². The van der Waals surface area contributed by atoms with E-state index in [1.165, 1.54) is 4.90 Å². The fourth-order valence-electron chi connectivity index (χ4n) is 1.17. The molecule has 5 nitrogen and oxygen atoms in total. The molecule has 15 heavy (non-hydrogen) atoms. The van der Waals surface area contributed by atoms with Crippen molar-refractivity contribution >= 4 is 11.8 Å². The maximum absolute atomic E-state index is 11.5. The van der Waals surface area contributed by atoms with E-state index in [0.29, 0.717) is 6.54 Å². The molecule has 0 saturated carbocycles. The molecule has 1 unspecified atom stereocenters. The maximum Gasteiger partial charge on any atom is 0.239 e. The zero-order chi connectivity index (χ0) is 11.8. The van der Waals surface area contributed by atoms with Gasteiger partial charge < -0.3 is 16.4 Å². The van der Waals surface area contributed by atoms with Crippen LogP contribution < -0.4 is 11.5 Å². The van der Waals surface area contributed by atoms with Gasteiger partial charge in [-0.15, -0.1) is 6.58 Å². The molecule has 0 fully saturated rings. The number of hydrogen-bond donors (Lipinski definition) is 2. The highest BCUT2D eigenvalue weighted by Gasteiger charge is 2.19. The second-order valence-electron chi connectivity index (χ2n) is 3.47. The van der Waals surface area contributed by atoms with Crippen LogP contribution in [0.5, 0.6) is 0 Å². The summed E-state index contributed by atoms with van der Waals surface area (Å²) in [6.45, 7) is 4.20. The van der Waals surface area contributed by atoms with E-state index in [1.807, 2.05) is 0 Å². The fraction of sp³-hybridized carbons (Fsp3) is 0.600. The van der Waals surface area contributed by atoms with E-state index < -0.39 is 11.9 Å². The van der Waals surface area contributed by atoms with Crippen LogP contribution in [0.3, 0.4) is 0 Å². The van der Waals surface area contributed by atoms with Crippen LogP contribution in [0.4, 0.5) is 0 Å². The zero-order valence-electron chi connectivity index (χ0n) is 9.11. The highest BCUT2D eigenvalue weighted by molar-refractivity contribution is 5.87. The molecule has 0 aromatic rings. The Hall–Kier alpha value is -1.36. The number of nitrogens with zero attached hydrogens (tertiary/aromatic N) is 1. The van der Waals surface area contributed by atoms with Gasteiger partial charge in [0, 0.05) is 13.6 Å². The van der Waals surface area contributed by atoms with Crippen LogP contribution in [0.2, 0.25) is 0 Å². The molecule has 0 radical (unpaired) electrons. The number of carbonyl (C=O) groups is 2. The van der Waals surface area contributed by atoms with Crippen LogP contribution in [-0.2, 0) is 9.59 Å². The highest BCUT2D eigenvalue weighted by Crippen LogP contribution is 1.98. The number of primary amides is 1. The summed E-state index contributed by atoms with van der Waals surface area (Å²) in [5, 5.41) is 0. The van der Waals surface area contributed by atoms with Gasteiger partial charge in [-0.25, -0.2) is 0 Å². The summed E-state index contributed by atoms with van der Waals surface area (Å²) in [6.07, 6.45) is 3.38. The van der Waals surface area contributed by atoms with Crippen LogP contribution in [-0.4, -0.2) is 36.3 Å². The van der Waals surface area contributed by atoms with E-state index in [-0.39, 0.29) is 12.3 Å². The topological polar surface area (TPSA) is 89.4 Å². The van der Waals surface area contributed by atoms with E-state index >= 15 is 0 Å². The molecule has 2 amide bonds. The van der Waals surface area contributed by atoms with E-state index in [1.54, 1.807) is 13.1 Å². The summed E-state index contributed by atoms with van der Waals surface area (Å²) in [4.78, 5) is 23.6. The maximum atomic E-state index is 11.5. The molecule has 4 N–H and O–H groups in total. The molecule has 0 aliphatic heterocycles. The van der Waals surface area contributed by atoms with Crippen molar-refractivity contribution in [3.63, 3.8) is 0 Å². The summed E-state index contributed by atoms with van der Waals surface area (Å²) < 4.78 is 0.